The SMILES string of the molecule is CC(C)C(C)NC(=O)c1cc(C(F)(F)F)ccc1N. The van der Waals surface area contributed by atoms with Crippen LogP contribution in [0.4, 0.5) is 18.9 Å². The van der Waals surface area contributed by atoms with E-state index in [2.05, 4.69) is 5.32 Å². The number of carbonyl (C=O) groups excluding carboxylic acids is 1. The summed E-state index contributed by atoms with van der Waals surface area (Å²) in [4.78, 5) is 11.9. The second-order valence-corrected chi connectivity index (χ2v) is 4.81. The first kappa shape index (κ1) is 15.3. The Balaban J connectivity index is 3.03. The molecule has 0 spiro atoms. The molecule has 0 bridgehead atoms. The largest absolute Gasteiger partial charge is 0.416 e. The third kappa shape index (κ3) is 3.87. The molecular weight excluding hydrogens is 257 g/mol. The molecular formula is C13H17F3N2O. The van der Waals surface area contributed by atoms with Crippen LogP contribution in [-0.2, 0) is 6.18 Å². The lowest BCUT2D eigenvalue weighted by Crippen LogP contribution is -2.36. The third-order valence-electron chi connectivity index (χ3n) is 2.98. The quantitative estimate of drug-likeness (QED) is 0.832. The Morgan fingerprint density at radius 3 is 2.32 bits per heavy atom. The number of alkyl halides is 3. The van der Waals surface area contributed by atoms with Crippen LogP contribution in [0.2, 0.25) is 0 Å². The Labute approximate surface area is 110 Å². The first-order valence-corrected chi connectivity index (χ1v) is 5.90. The molecule has 0 heterocycles. The van der Waals surface area contributed by atoms with Gasteiger partial charge in [-0.15, -0.1) is 0 Å². The molecule has 6 heteroatoms. The summed E-state index contributed by atoms with van der Waals surface area (Å²) in [5.41, 5.74) is 4.55. The molecule has 1 aromatic rings. The van der Waals surface area contributed by atoms with Crippen molar-refractivity contribution >= 4 is 11.6 Å². The van der Waals surface area contributed by atoms with Crippen LogP contribution in [0.5, 0.6) is 0 Å². The summed E-state index contributed by atoms with van der Waals surface area (Å²) in [5.74, 6) is -0.416. The zero-order valence-corrected chi connectivity index (χ0v) is 11.0. The van der Waals surface area contributed by atoms with E-state index in [1.807, 2.05) is 13.8 Å². The van der Waals surface area contributed by atoms with E-state index < -0.39 is 17.6 Å². The zero-order chi connectivity index (χ0) is 14.8. The number of benzene rings is 1. The summed E-state index contributed by atoms with van der Waals surface area (Å²) < 4.78 is 37.7. The molecule has 0 aromatic heterocycles. The van der Waals surface area contributed by atoms with E-state index in [1.54, 1.807) is 6.92 Å². The molecule has 0 aliphatic rings. The van der Waals surface area contributed by atoms with Gasteiger partial charge in [0.15, 0.2) is 0 Å². The predicted molar refractivity (Wildman–Crippen MR) is 67.6 cm³/mol. The minimum Gasteiger partial charge on any atom is -0.398 e. The van der Waals surface area contributed by atoms with E-state index in [1.165, 1.54) is 0 Å². The molecule has 0 saturated carbocycles. The first-order valence-electron chi connectivity index (χ1n) is 5.90. The molecule has 0 fully saturated rings. The van der Waals surface area contributed by atoms with Gasteiger partial charge in [-0.25, -0.2) is 0 Å². The molecule has 1 atom stereocenters. The fourth-order valence-corrected chi connectivity index (χ4v) is 1.38. The highest BCUT2D eigenvalue weighted by atomic mass is 19.4. The monoisotopic (exact) mass is 274 g/mol. The van der Waals surface area contributed by atoms with Crippen molar-refractivity contribution in [3.63, 3.8) is 0 Å². The molecule has 0 saturated heterocycles. The van der Waals surface area contributed by atoms with Crippen molar-refractivity contribution in [2.45, 2.75) is 33.0 Å². The molecule has 3 N–H and O–H groups in total. The molecule has 1 rings (SSSR count). The molecule has 0 radical (unpaired) electrons. The van der Waals surface area contributed by atoms with Gasteiger partial charge in [-0.05, 0) is 31.0 Å². The predicted octanol–water partition coefficient (Wildman–Crippen LogP) is 3.06. The summed E-state index contributed by atoms with van der Waals surface area (Å²) >= 11 is 0. The smallest absolute Gasteiger partial charge is 0.398 e. The number of nitrogens with two attached hydrogens (primary N) is 1. The number of halogens is 3. The Bertz CT molecular complexity index is 469. The zero-order valence-electron chi connectivity index (χ0n) is 11.0. The molecule has 1 aromatic carbocycles. The van der Waals surface area contributed by atoms with Crippen LogP contribution >= 0.6 is 0 Å². The number of carbonyl (C=O) groups is 1. The van der Waals surface area contributed by atoms with Crippen LogP contribution in [-0.4, -0.2) is 11.9 Å². The van der Waals surface area contributed by atoms with Crippen molar-refractivity contribution in [1.82, 2.24) is 5.32 Å². The number of rotatable bonds is 3. The number of amides is 1. The highest BCUT2D eigenvalue weighted by Crippen LogP contribution is 2.31. The summed E-state index contributed by atoms with van der Waals surface area (Å²) in [6.45, 7) is 5.59. The fourth-order valence-electron chi connectivity index (χ4n) is 1.38. The average Bonchev–Trinajstić information content (AvgIpc) is 2.27. The fraction of sp³-hybridized carbons (Fsp3) is 0.462. The van der Waals surface area contributed by atoms with Crippen LogP contribution in [0.25, 0.3) is 0 Å². The Morgan fingerprint density at radius 2 is 1.84 bits per heavy atom. The first-order chi connectivity index (χ1) is 8.62. The topological polar surface area (TPSA) is 55.1 Å². The van der Waals surface area contributed by atoms with Crippen molar-refractivity contribution in [1.29, 1.82) is 0 Å². The third-order valence-corrected chi connectivity index (χ3v) is 2.98. The van der Waals surface area contributed by atoms with Crippen LogP contribution in [0.3, 0.4) is 0 Å². The Morgan fingerprint density at radius 1 is 1.26 bits per heavy atom. The Kier molecular flexibility index (Phi) is 4.44. The highest BCUT2D eigenvalue weighted by molar-refractivity contribution is 5.99. The molecule has 1 unspecified atom stereocenters. The van der Waals surface area contributed by atoms with Crippen molar-refractivity contribution in [3.8, 4) is 0 Å². The van der Waals surface area contributed by atoms with Crippen LogP contribution in [0.1, 0.15) is 36.7 Å². The van der Waals surface area contributed by atoms with E-state index in [0.29, 0.717) is 0 Å². The second-order valence-electron chi connectivity index (χ2n) is 4.81. The number of anilines is 1. The van der Waals surface area contributed by atoms with Crippen LogP contribution in [0.15, 0.2) is 18.2 Å². The van der Waals surface area contributed by atoms with Gasteiger partial charge in [0.25, 0.3) is 5.91 Å². The maximum atomic E-state index is 12.6. The van der Waals surface area contributed by atoms with E-state index in [9.17, 15) is 18.0 Å². The van der Waals surface area contributed by atoms with Gasteiger partial charge in [0.1, 0.15) is 0 Å². The molecule has 19 heavy (non-hydrogen) atoms. The average molecular weight is 274 g/mol. The Hall–Kier alpha value is -1.72. The van der Waals surface area contributed by atoms with Gasteiger partial charge in [-0.2, -0.15) is 13.2 Å². The minimum absolute atomic E-state index is 0.0291. The molecule has 1 amide bonds. The molecule has 106 valence electrons. The van der Waals surface area contributed by atoms with Gasteiger partial charge < -0.3 is 11.1 Å². The highest BCUT2D eigenvalue weighted by Gasteiger charge is 2.31. The number of nitrogen functional groups attached to an aromatic ring is 1. The van der Waals surface area contributed by atoms with Gasteiger partial charge in [0.05, 0.1) is 11.1 Å². The minimum atomic E-state index is -4.49. The standard InChI is InChI=1S/C13H17F3N2O/c1-7(2)8(3)18-12(19)10-6-9(13(14,15)16)4-5-11(10)17/h4-8H,17H2,1-3H3,(H,18,19). The summed E-state index contributed by atoms with van der Waals surface area (Å²) in [7, 11) is 0. The van der Waals surface area contributed by atoms with Crippen LogP contribution in [0, 0.1) is 5.92 Å². The van der Waals surface area contributed by atoms with Crippen molar-refractivity contribution < 1.29 is 18.0 Å². The lowest BCUT2D eigenvalue weighted by Gasteiger charge is -2.18. The van der Waals surface area contributed by atoms with Gasteiger partial charge >= 0.3 is 6.18 Å². The normalized spacial score (nSPS) is 13.4. The summed E-state index contributed by atoms with van der Waals surface area (Å²) in [6.07, 6.45) is -4.49. The van der Waals surface area contributed by atoms with E-state index in [-0.39, 0.29) is 23.2 Å². The summed E-state index contributed by atoms with van der Waals surface area (Å²) in [6, 6.07) is 2.58. The molecule has 3 nitrogen and oxygen atoms in total. The number of hydrogen-bond acceptors (Lipinski definition) is 2. The maximum Gasteiger partial charge on any atom is 0.416 e. The van der Waals surface area contributed by atoms with Crippen molar-refractivity contribution in [2.24, 2.45) is 5.92 Å². The van der Waals surface area contributed by atoms with Gasteiger partial charge in [-0.1, -0.05) is 13.8 Å². The number of nitrogens with one attached hydrogen (secondary N) is 1. The lowest BCUT2D eigenvalue weighted by atomic mass is 10.0. The van der Waals surface area contributed by atoms with Gasteiger partial charge in [0.2, 0.25) is 0 Å². The molecule has 0 aliphatic heterocycles. The summed E-state index contributed by atoms with van der Waals surface area (Å²) in [5, 5.41) is 2.63. The van der Waals surface area contributed by atoms with E-state index >= 15 is 0 Å². The van der Waals surface area contributed by atoms with E-state index in [0.717, 1.165) is 18.2 Å². The maximum absolute atomic E-state index is 12.6. The second kappa shape index (κ2) is 5.50. The number of hydrogen-bond donors (Lipinski definition) is 2. The molecule has 0 aliphatic carbocycles. The van der Waals surface area contributed by atoms with Gasteiger partial charge in [0, 0.05) is 11.7 Å². The van der Waals surface area contributed by atoms with Crippen molar-refractivity contribution in [3.05, 3.63) is 29.3 Å². The van der Waals surface area contributed by atoms with Crippen molar-refractivity contribution in [2.75, 3.05) is 5.73 Å². The lowest BCUT2D eigenvalue weighted by molar-refractivity contribution is -0.137. The van der Waals surface area contributed by atoms with Gasteiger partial charge in [-0.3, -0.25) is 4.79 Å². The van der Waals surface area contributed by atoms with E-state index in [4.69, 9.17) is 5.73 Å². The van der Waals surface area contributed by atoms with Crippen LogP contribution < -0.4 is 11.1 Å².